The molecule has 0 unspecified atom stereocenters. The molecule has 3 N–H and O–H groups in total. The molecule has 1 aromatic rings. The number of thioether (sulfide) groups is 1. The Morgan fingerprint density at radius 3 is 2.50 bits per heavy atom. The van der Waals surface area contributed by atoms with Crippen molar-refractivity contribution in [1.82, 2.24) is 4.72 Å². The number of hydrogen-bond donors (Lipinski definition) is 2. The SMILES string of the molecule is CSC1CCC(NS(=O)(=O)c2ccc(Br)c(N)c2)CC1. The lowest BCUT2D eigenvalue weighted by Gasteiger charge is -2.27. The number of benzene rings is 1. The van der Waals surface area contributed by atoms with Gasteiger partial charge in [0.2, 0.25) is 10.0 Å². The minimum absolute atomic E-state index is 0.0354. The Hall–Kier alpha value is -0.240. The second-order valence-corrected chi connectivity index (χ2v) is 8.72. The maximum absolute atomic E-state index is 12.3. The topological polar surface area (TPSA) is 72.2 Å². The van der Waals surface area contributed by atoms with E-state index < -0.39 is 10.0 Å². The monoisotopic (exact) mass is 378 g/mol. The first-order valence-corrected chi connectivity index (χ1v) is 10.1. The van der Waals surface area contributed by atoms with Crippen LogP contribution < -0.4 is 10.5 Å². The smallest absolute Gasteiger partial charge is 0.240 e. The van der Waals surface area contributed by atoms with Gasteiger partial charge in [0.05, 0.1) is 4.90 Å². The second kappa shape index (κ2) is 6.68. The van der Waals surface area contributed by atoms with Gasteiger partial charge in [-0.15, -0.1) is 0 Å². The van der Waals surface area contributed by atoms with Crippen LogP contribution in [0, 0.1) is 0 Å². The first-order valence-electron chi connectivity index (χ1n) is 6.52. The number of halogens is 1. The van der Waals surface area contributed by atoms with Crippen molar-refractivity contribution in [2.75, 3.05) is 12.0 Å². The predicted octanol–water partition coefficient (Wildman–Crippen LogP) is 2.98. The van der Waals surface area contributed by atoms with Crippen LogP contribution in [0.2, 0.25) is 0 Å². The van der Waals surface area contributed by atoms with Gasteiger partial charge in [0, 0.05) is 21.5 Å². The molecule has 0 spiro atoms. The second-order valence-electron chi connectivity index (χ2n) is 5.01. The number of anilines is 1. The van der Waals surface area contributed by atoms with Crippen molar-refractivity contribution in [2.45, 2.75) is 41.9 Å². The molecular weight excluding hydrogens is 360 g/mol. The van der Waals surface area contributed by atoms with Crippen molar-refractivity contribution in [3.8, 4) is 0 Å². The number of hydrogen-bond acceptors (Lipinski definition) is 4. The molecule has 0 aromatic heterocycles. The van der Waals surface area contributed by atoms with Crippen molar-refractivity contribution >= 4 is 43.4 Å². The van der Waals surface area contributed by atoms with Gasteiger partial charge in [-0.3, -0.25) is 0 Å². The van der Waals surface area contributed by atoms with E-state index in [9.17, 15) is 8.42 Å². The van der Waals surface area contributed by atoms with Crippen LogP contribution in [-0.4, -0.2) is 26.0 Å². The lowest BCUT2D eigenvalue weighted by molar-refractivity contribution is 0.420. The Morgan fingerprint density at radius 2 is 1.95 bits per heavy atom. The van der Waals surface area contributed by atoms with Crippen LogP contribution in [0.15, 0.2) is 27.6 Å². The summed E-state index contributed by atoms with van der Waals surface area (Å²) in [7, 11) is -3.48. The highest BCUT2D eigenvalue weighted by molar-refractivity contribution is 9.10. The lowest BCUT2D eigenvalue weighted by atomic mass is 9.96. The molecule has 0 heterocycles. The fourth-order valence-corrected chi connectivity index (χ4v) is 4.72. The standard InChI is InChI=1S/C13H19BrN2O2S2/c1-19-10-4-2-9(3-5-10)16-20(17,18)11-6-7-12(14)13(15)8-11/h6-10,16H,2-5,15H2,1H3. The molecule has 4 nitrogen and oxygen atoms in total. The maximum Gasteiger partial charge on any atom is 0.240 e. The molecule has 20 heavy (non-hydrogen) atoms. The Morgan fingerprint density at radius 1 is 1.30 bits per heavy atom. The summed E-state index contributed by atoms with van der Waals surface area (Å²) in [6.07, 6.45) is 6.04. The third-order valence-corrected chi connectivity index (χ3v) is 6.99. The van der Waals surface area contributed by atoms with E-state index in [1.165, 1.54) is 6.07 Å². The van der Waals surface area contributed by atoms with E-state index in [1.54, 1.807) is 12.1 Å². The molecule has 0 bridgehead atoms. The molecule has 0 atom stereocenters. The van der Waals surface area contributed by atoms with Crippen LogP contribution in [0.1, 0.15) is 25.7 Å². The molecule has 1 fully saturated rings. The van der Waals surface area contributed by atoms with Crippen LogP contribution in [-0.2, 0) is 10.0 Å². The van der Waals surface area contributed by atoms with Gasteiger partial charge in [0.15, 0.2) is 0 Å². The first kappa shape index (κ1) is 16.1. The first-order chi connectivity index (χ1) is 9.42. The average molecular weight is 379 g/mol. The highest BCUT2D eigenvalue weighted by atomic mass is 79.9. The molecule has 7 heteroatoms. The summed E-state index contributed by atoms with van der Waals surface area (Å²) in [4.78, 5) is 0.227. The quantitative estimate of drug-likeness (QED) is 0.789. The fraction of sp³-hybridized carbons (Fsp3) is 0.538. The highest BCUT2D eigenvalue weighted by Crippen LogP contribution is 2.28. The van der Waals surface area contributed by atoms with E-state index in [-0.39, 0.29) is 10.9 Å². The van der Waals surface area contributed by atoms with Crippen LogP contribution in [0.3, 0.4) is 0 Å². The summed E-state index contributed by atoms with van der Waals surface area (Å²) in [6, 6.07) is 4.75. The van der Waals surface area contributed by atoms with E-state index in [4.69, 9.17) is 5.73 Å². The van der Waals surface area contributed by atoms with Crippen LogP contribution in [0.25, 0.3) is 0 Å². The molecule has 1 aliphatic rings. The van der Waals surface area contributed by atoms with Crippen molar-refractivity contribution in [3.63, 3.8) is 0 Å². The number of nitrogens with two attached hydrogens (primary N) is 1. The molecule has 0 amide bonds. The maximum atomic E-state index is 12.3. The van der Waals surface area contributed by atoms with E-state index in [2.05, 4.69) is 26.9 Å². The van der Waals surface area contributed by atoms with Crippen LogP contribution >= 0.6 is 27.7 Å². The minimum atomic E-state index is -3.48. The summed E-state index contributed by atoms with van der Waals surface area (Å²) < 4.78 is 28.2. The van der Waals surface area contributed by atoms with Gasteiger partial charge >= 0.3 is 0 Å². The van der Waals surface area contributed by atoms with Gasteiger partial charge in [-0.25, -0.2) is 13.1 Å². The molecule has 112 valence electrons. The Bertz CT molecular complexity index is 570. The molecular formula is C13H19BrN2O2S2. The van der Waals surface area contributed by atoms with Gasteiger partial charge in [0.1, 0.15) is 0 Å². The minimum Gasteiger partial charge on any atom is -0.398 e. The normalized spacial score (nSPS) is 23.7. The molecule has 2 rings (SSSR count). The van der Waals surface area contributed by atoms with Gasteiger partial charge in [-0.2, -0.15) is 11.8 Å². The summed E-state index contributed by atoms with van der Waals surface area (Å²) in [5.41, 5.74) is 6.17. The third-order valence-electron chi connectivity index (χ3n) is 3.61. The molecule has 1 aromatic carbocycles. The number of nitrogens with one attached hydrogen (secondary N) is 1. The van der Waals surface area contributed by atoms with E-state index in [1.807, 2.05) is 11.8 Å². The summed E-state index contributed by atoms with van der Waals surface area (Å²) in [5, 5.41) is 0.666. The average Bonchev–Trinajstić information content (AvgIpc) is 2.42. The largest absolute Gasteiger partial charge is 0.398 e. The van der Waals surface area contributed by atoms with Crippen molar-refractivity contribution < 1.29 is 8.42 Å². The van der Waals surface area contributed by atoms with Crippen LogP contribution in [0.4, 0.5) is 5.69 Å². The van der Waals surface area contributed by atoms with E-state index >= 15 is 0 Å². The number of nitrogen functional groups attached to an aromatic ring is 1. The fourth-order valence-electron chi connectivity index (χ4n) is 2.39. The van der Waals surface area contributed by atoms with E-state index in [0.717, 1.165) is 25.7 Å². The van der Waals surface area contributed by atoms with Crippen LogP contribution in [0.5, 0.6) is 0 Å². The van der Waals surface area contributed by atoms with Gasteiger partial charge < -0.3 is 5.73 Å². The number of rotatable bonds is 4. The number of sulfonamides is 1. The van der Waals surface area contributed by atoms with Gasteiger partial charge in [-0.1, -0.05) is 0 Å². The molecule has 0 radical (unpaired) electrons. The van der Waals surface area contributed by atoms with Crippen molar-refractivity contribution in [2.24, 2.45) is 0 Å². The Labute approximate surface area is 133 Å². The van der Waals surface area contributed by atoms with Crippen molar-refractivity contribution in [1.29, 1.82) is 0 Å². The zero-order valence-electron chi connectivity index (χ0n) is 11.3. The zero-order chi connectivity index (χ0) is 14.8. The summed E-state index contributed by atoms with van der Waals surface area (Å²) in [5.74, 6) is 0. The van der Waals surface area contributed by atoms with Crippen molar-refractivity contribution in [3.05, 3.63) is 22.7 Å². The molecule has 0 aliphatic heterocycles. The Kier molecular flexibility index (Phi) is 5.39. The molecule has 1 aliphatic carbocycles. The zero-order valence-corrected chi connectivity index (χ0v) is 14.5. The van der Waals surface area contributed by atoms with E-state index in [0.29, 0.717) is 15.4 Å². The Balaban J connectivity index is 2.06. The lowest BCUT2D eigenvalue weighted by Crippen LogP contribution is -2.38. The third kappa shape index (κ3) is 3.90. The molecule has 1 saturated carbocycles. The highest BCUT2D eigenvalue weighted by Gasteiger charge is 2.25. The summed E-state index contributed by atoms with van der Waals surface area (Å²) >= 11 is 5.13. The summed E-state index contributed by atoms with van der Waals surface area (Å²) in [6.45, 7) is 0. The molecule has 0 saturated heterocycles. The van der Waals surface area contributed by atoms with Gasteiger partial charge in [0.25, 0.3) is 0 Å². The predicted molar refractivity (Wildman–Crippen MR) is 88.4 cm³/mol. The van der Waals surface area contributed by atoms with Gasteiger partial charge in [-0.05, 0) is 66.1 Å².